The van der Waals surface area contributed by atoms with Gasteiger partial charge in [0.1, 0.15) is 12.1 Å². The number of benzene rings is 2. The van der Waals surface area contributed by atoms with Crippen molar-refractivity contribution in [3.8, 4) is 6.07 Å². The van der Waals surface area contributed by atoms with Gasteiger partial charge in [0.05, 0.1) is 23.1 Å². The van der Waals surface area contributed by atoms with Crippen LogP contribution in [0.15, 0.2) is 59.0 Å². The fourth-order valence-electron chi connectivity index (χ4n) is 5.79. The number of fused-ring (bicyclic) bond motifs is 1. The predicted molar refractivity (Wildman–Crippen MR) is 168 cm³/mol. The van der Waals surface area contributed by atoms with Crippen LogP contribution in [0.3, 0.4) is 0 Å². The van der Waals surface area contributed by atoms with Gasteiger partial charge < -0.3 is 14.5 Å². The first-order chi connectivity index (χ1) is 21.3. The summed E-state index contributed by atoms with van der Waals surface area (Å²) >= 11 is 0. The van der Waals surface area contributed by atoms with E-state index >= 15 is 0 Å². The van der Waals surface area contributed by atoms with Gasteiger partial charge in [0.2, 0.25) is 21.8 Å². The third-order valence-corrected chi connectivity index (χ3v) is 9.85. The highest BCUT2D eigenvalue weighted by Gasteiger charge is 2.38. The molecule has 3 atom stereocenters. The largest absolute Gasteiger partial charge is 0.464 e. The molecular weight excluding hydrogens is 594 g/mol. The van der Waals surface area contributed by atoms with Gasteiger partial charge in [0.25, 0.3) is 0 Å². The molecule has 12 heteroatoms. The molecule has 0 aromatic heterocycles. The molecular formula is C33H41N5O6S. The van der Waals surface area contributed by atoms with Gasteiger partial charge in [-0.25, -0.2) is 13.2 Å². The molecule has 2 amide bonds. The van der Waals surface area contributed by atoms with Crippen molar-refractivity contribution in [2.75, 3.05) is 40.8 Å². The van der Waals surface area contributed by atoms with Crippen LogP contribution >= 0.6 is 0 Å². The molecule has 45 heavy (non-hydrogen) atoms. The van der Waals surface area contributed by atoms with Crippen LogP contribution in [0.25, 0.3) is 0 Å². The lowest BCUT2D eigenvalue weighted by Gasteiger charge is -2.36. The zero-order valence-corrected chi connectivity index (χ0v) is 27.3. The van der Waals surface area contributed by atoms with Crippen molar-refractivity contribution in [1.82, 2.24) is 19.4 Å². The number of nitrogens with zero attached hydrogens (tertiary/aromatic N) is 4. The lowest BCUT2D eigenvalue weighted by Crippen LogP contribution is -2.56. The Bertz CT molecular complexity index is 1630. The minimum Gasteiger partial charge on any atom is -0.464 e. The quantitative estimate of drug-likeness (QED) is 0.311. The number of likely N-dealkylation sites (N-methyl/N-ethyl adjacent to an activating group) is 1. The average Bonchev–Trinajstić information content (AvgIpc) is 3.01. The third kappa shape index (κ3) is 7.97. The van der Waals surface area contributed by atoms with E-state index in [1.165, 1.54) is 15.9 Å². The summed E-state index contributed by atoms with van der Waals surface area (Å²) in [7, 11) is 1.02. The van der Waals surface area contributed by atoms with E-state index in [0.717, 1.165) is 23.2 Å². The zero-order chi connectivity index (χ0) is 32.9. The van der Waals surface area contributed by atoms with Crippen molar-refractivity contribution in [2.24, 2.45) is 0 Å². The lowest BCUT2D eigenvalue weighted by atomic mass is 9.91. The molecule has 240 valence electrons. The summed E-state index contributed by atoms with van der Waals surface area (Å²) in [5, 5.41) is 9.42. The summed E-state index contributed by atoms with van der Waals surface area (Å²) in [6.07, 6.45) is 2.97. The fourth-order valence-corrected chi connectivity index (χ4v) is 7.02. The Morgan fingerprint density at radius 1 is 1.18 bits per heavy atom. The Morgan fingerprint density at radius 2 is 1.93 bits per heavy atom. The van der Waals surface area contributed by atoms with Crippen molar-refractivity contribution in [3.63, 3.8) is 0 Å². The van der Waals surface area contributed by atoms with Crippen LogP contribution in [0.1, 0.15) is 55.0 Å². The summed E-state index contributed by atoms with van der Waals surface area (Å²) in [5.41, 5.74) is 3.61. The number of hydrogen-bond acceptors (Lipinski definition) is 8. The molecule has 2 aliphatic heterocycles. The number of nitriles is 1. The maximum absolute atomic E-state index is 14.2. The number of sulfonamides is 1. The second-order valence-corrected chi connectivity index (χ2v) is 13.5. The molecule has 2 heterocycles. The number of amides is 2. The normalized spacial score (nSPS) is 19.1. The molecule has 11 nitrogen and oxygen atoms in total. The molecule has 2 aromatic rings. The van der Waals surface area contributed by atoms with Crippen molar-refractivity contribution in [1.29, 1.82) is 5.26 Å². The molecule has 1 N–H and O–H groups in total. The first-order valence-corrected chi connectivity index (χ1v) is 16.5. The van der Waals surface area contributed by atoms with Crippen molar-refractivity contribution in [3.05, 3.63) is 76.4 Å². The maximum Gasteiger partial charge on any atom is 0.329 e. The summed E-state index contributed by atoms with van der Waals surface area (Å²) in [5.74, 6) is -1.20. The van der Waals surface area contributed by atoms with Gasteiger partial charge >= 0.3 is 5.97 Å². The predicted octanol–water partition coefficient (Wildman–Crippen LogP) is 2.57. The molecule has 0 saturated heterocycles. The van der Waals surface area contributed by atoms with E-state index in [1.54, 1.807) is 57.4 Å². The Kier molecular flexibility index (Phi) is 10.8. The van der Waals surface area contributed by atoms with Gasteiger partial charge in [0.15, 0.2) is 0 Å². The minimum absolute atomic E-state index is 0.0289. The van der Waals surface area contributed by atoms with Gasteiger partial charge in [-0.15, -0.1) is 0 Å². The topological polar surface area (TPSA) is 140 Å². The molecule has 0 fully saturated rings. The van der Waals surface area contributed by atoms with Crippen LogP contribution in [0, 0.1) is 11.3 Å². The number of rotatable bonds is 10. The molecule has 0 radical (unpaired) electrons. The minimum atomic E-state index is -4.26. The van der Waals surface area contributed by atoms with Crippen LogP contribution in [0.5, 0.6) is 0 Å². The Hall–Kier alpha value is -4.05. The van der Waals surface area contributed by atoms with Crippen molar-refractivity contribution >= 4 is 27.8 Å². The van der Waals surface area contributed by atoms with E-state index in [4.69, 9.17) is 4.74 Å². The van der Waals surface area contributed by atoms with Gasteiger partial charge in [-0.3, -0.25) is 14.5 Å². The molecule has 0 bridgehead atoms. The number of esters is 1. The Balaban J connectivity index is 1.71. The number of carbonyl (C=O) groups excluding carboxylic acids is 3. The van der Waals surface area contributed by atoms with E-state index in [0.29, 0.717) is 17.5 Å². The molecule has 0 spiro atoms. The standard InChI is InChI=1S/C33H41N5O6S/c1-6-44-33(41)30-16-22(2)12-15-38(30)32(40)28(18-23-8-7-9-24(17-23)21-34)35-45(42,43)26-11-10-25-13-14-37(5)29(27(25)19-26)20-31(39)36(3)4/h7-12,17,19,28-30,35H,6,13-16,18,20H2,1-5H3/t28-,29?,30+/m0/s1. The van der Waals surface area contributed by atoms with Crippen LogP contribution in [0.2, 0.25) is 0 Å². The van der Waals surface area contributed by atoms with Gasteiger partial charge in [-0.1, -0.05) is 29.8 Å². The van der Waals surface area contributed by atoms with Crippen LogP contribution in [-0.2, 0) is 42.0 Å². The molecule has 1 unspecified atom stereocenters. The Labute approximate surface area is 265 Å². The SMILES string of the molecule is CCOC(=O)[C@H]1CC(C)=CCN1C(=O)[C@H](Cc1cccc(C#N)c1)NS(=O)(=O)c1ccc2c(c1)C(CC(=O)N(C)C)N(C)CC2. The summed E-state index contributed by atoms with van der Waals surface area (Å²) < 4.78 is 35.9. The first kappa shape index (κ1) is 33.8. The van der Waals surface area contributed by atoms with E-state index in [-0.39, 0.29) is 49.3 Å². The second-order valence-electron chi connectivity index (χ2n) is 11.8. The maximum atomic E-state index is 14.2. The average molecular weight is 636 g/mol. The molecule has 4 rings (SSSR count). The van der Waals surface area contributed by atoms with E-state index < -0.39 is 34.0 Å². The lowest BCUT2D eigenvalue weighted by molar-refractivity contribution is -0.155. The molecule has 0 aliphatic carbocycles. The van der Waals surface area contributed by atoms with Crippen LogP contribution < -0.4 is 4.72 Å². The number of hydrogen-bond donors (Lipinski definition) is 1. The van der Waals surface area contributed by atoms with Crippen molar-refractivity contribution in [2.45, 2.75) is 62.6 Å². The zero-order valence-electron chi connectivity index (χ0n) is 26.4. The highest BCUT2D eigenvalue weighted by atomic mass is 32.2. The van der Waals surface area contributed by atoms with E-state index in [9.17, 15) is 28.1 Å². The monoisotopic (exact) mass is 635 g/mol. The molecule has 2 aliphatic rings. The van der Waals surface area contributed by atoms with Gasteiger partial charge in [-0.05, 0) is 81.1 Å². The highest BCUT2D eigenvalue weighted by molar-refractivity contribution is 7.89. The van der Waals surface area contributed by atoms with Gasteiger partial charge in [0, 0.05) is 39.6 Å². The van der Waals surface area contributed by atoms with Crippen LogP contribution in [0.4, 0.5) is 0 Å². The number of carbonyl (C=O) groups is 3. The number of nitrogens with one attached hydrogen (secondary N) is 1. The summed E-state index contributed by atoms with van der Waals surface area (Å²) in [6, 6.07) is 11.1. The summed E-state index contributed by atoms with van der Waals surface area (Å²) in [6.45, 7) is 4.55. The van der Waals surface area contributed by atoms with E-state index in [2.05, 4.69) is 10.8 Å². The Morgan fingerprint density at radius 3 is 2.62 bits per heavy atom. The smallest absolute Gasteiger partial charge is 0.329 e. The van der Waals surface area contributed by atoms with E-state index in [1.807, 2.05) is 24.9 Å². The first-order valence-electron chi connectivity index (χ1n) is 15.0. The fraction of sp³-hybridized carbons (Fsp3) is 0.455. The highest BCUT2D eigenvalue weighted by Crippen LogP contribution is 2.33. The molecule has 0 saturated carbocycles. The molecule has 2 aromatic carbocycles. The number of ether oxygens (including phenoxy) is 1. The second kappa shape index (κ2) is 14.4. The third-order valence-electron chi connectivity index (χ3n) is 8.38. The van der Waals surface area contributed by atoms with Crippen molar-refractivity contribution < 1.29 is 27.5 Å². The van der Waals surface area contributed by atoms with Crippen LogP contribution in [-0.4, -0.2) is 93.8 Å². The van der Waals surface area contributed by atoms with Gasteiger partial charge in [-0.2, -0.15) is 9.98 Å². The summed E-state index contributed by atoms with van der Waals surface area (Å²) in [4.78, 5) is 44.6.